The molecule has 0 aromatic carbocycles. The highest BCUT2D eigenvalue weighted by Crippen LogP contribution is 2.41. The first-order valence-corrected chi connectivity index (χ1v) is 7.30. The molecule has 0 aromatic heterocycles. The summed E-state index contributed by atoms with van der Waals surface area (Å²) in [6.45, 7) is 6.36. The molecule has 15 heavy (non-hydrogen) atoms. The smallest absolute Gasteiger partial charge is 0.150 e. The topological polar surface area (TPSA) is 43.4 Å². The molecule has 3 nitrogen and oxygen atoms in total. The molecule has 0 N–H and O–H groups in total. The summed E-state index contributed by atoms with van der Waals surface area (Å²) in [5.74, 6) is 0.576. The lowest BCUT2D eigenvalue weighted by molar-refractivity contribution is -0.0989. The summed E-state index contributed by atoms with van der Waals surface area (Å²) < 4.78 is 28.7. The number of hydrogen-bond donors (Lipinski definition) is 0. The molecule has 1 fully saturated rings. The van der Waals surface area contributed by atoms with Gasteiger partial charge in [0.2, 0.25) is 0 Å². The molecule has 1 heterocycles. The Morgan fingerprint density at radius 1 is 1.13 bits per heavy atom. The Morgan fingerprint density at radius 3 is 2.20 bits per heavy atom. The summed E-state index contributed by atoms with van der Waals surface area (Å²) in [4.78, 5) is 0. The Morgan fingerprint density at radius 2 is 1.73 bits per heavy atom. The quantitative estimate of drug-likeness (QED) is 0.697. The Hall–Kier alpha value is -0.0900. The van der Waals surface area contributed by atoms with Crippen molar-refractivity contribution in [3.63, 3.8) is 0 Å². The number of hydrogen-bond acceptors (Lipinski definition) is 3. The third kappa shape index (κ3) is 2.72. The molecule has 0 bridgehead atoms. The monoisotopic (exact) mass is 234 g/mol. The molecule has 0 saturated carbocycles. The number of rotatable bonds is 1. The van der Waals surface area contributed by atoms with Crippen LogP contribution in [0, 0.1) is 5.41 Å². The SMILES string of the molecule is COC1(C(C)(C)C)CCCS(=O)(=O)CC1. The number of sulfone groups is 1. The van der Waals surface area contributed by atoms with Crippen molar-refractivity contribution in [2.75, 3.05) is 18.6 Å². The molecule has 0 aromatic rings. The van der Waals surface area contributed by atoms with Crippen LogP contribution in [0.2, 0.25) is 0 Å². The van der Waals surface area contributed by atoms with E-state index < -0.39 is 9.84 Å². The molecule has 1 saturated heterocycles. The van der Waals surface area contributed by atoms with E-state index in [-0.39, 0.29) is 16.8 Å². The lowest BCUT2D eigenvalue weighted by Gasteiger charge is -2.43. The van der Waals surface area contributed by atoms with Crippen LogP contribution >= 0.6 is 0 Å². The van der Waals surface area contributed by atoms with Gasteiger partial charge >= 0.3 is 0 Å². The molecule has 4 heteroatoms. The minimum atomic E-state index is -2.84. The number of methoxy groups -OCH3 is 1. The van der Waals surface area contributed by atoms with Gasteiger partial charge < -0.3 is 4.74 Å². The largest absolute Gasteiger partial charge is 0.378 e. The molecule has 1 atom stereocenters. The molecule has 1 aliphatic heterocycles. The maximum Gasteiger partial charge on any atom is 0.150 e. The fourth-order valence-corrected chi connectivity index (χ4v) is 3.81. The molecule has 90 valence electrons. The molecular weight excluding hydrogens is 212 g/mol. The van der Waals surface area contributed by atoms with E-state index in [9.17, 15) is 8.42 Å². The van der Waals surface area contributed by atoms with Gasteiger partial charge in [0.25, 0.3) is 0 Å². The minimum Gasteiger partial charge on any atom is -0.378 e. The highest BCUT2D eigenvalue weighted by molar-refractivity contribution is 7.91. The van der Waals surface area contributed by atoms with Crippen LogP contribution in [0.15, 0.2) is 0 Å². The Kier molecular flexibility index (Phi) is 3.51. The van der Waals surface area contributed by atoms with E-state index in [0.717, 1.165) is 6.42 Å². The molecule has 0 amide bonds. The van der Waals surface area contributed by atoms with Crippen molar-refractivity contribution >= 4 is 9.84 Å². The third-order valence-corrected chi connectivity index (χ3v) is 5.35. The zero-order chi connectivity index (χ0) is 11.7. The predicted octanol–water partition coefficient (Wildman–Crippen LogP) is 2.02. The predicted molar refractivity (Wildman–Crippen MR) is 61.7 cm³/mol. The minimum absolute atomic E-state index is 0.0123. The molecule has 1 aliphatic rings. The van der Waals surface area contributed by atoms with E-state index in [1.54, 1.807) is 7.11 Å². The normalized spacial score (nSPS) is 32.3. The second-order valence-corrected chi connectivity index (χ2v) is 7.76. The first-order chi connectivity index (χ1) is 6.72. The van der Waals surface area contributed by atoms with Crippen LogP contribution in [-0.4, -0.2) is 32.6 Å². The maximum absolute atomic E-state index is 11.5. The van der Waals surface area contributed by atoms with Crippen LogP contribution in [-0.2, 0) is 14.6 Å². The van der Waals surface area contributed by atoms with Crippen molar-refractivity contribution in [2.45, 2.75) is 45.6 Å². The Balaban J connectivity index is 2.94. The fraction of sp³-hybridized carbons (Fsp3) is 1.00. The zero-order valence-electron chi connectivity index (χ0n) is 10.2. The van der Waals surface area contributed by atoms with Crippen molar-refractivity contribution in [1.82, 2.24) is 0 Å². The summed E-state index contributed by atoms with van der Waals surface area (Å²) in [6, 6.07) is 0. The van der Waals surface area contributed by atoms with E-state index in [0.29, 0.717) is 18.6 Å². The van der Waals surface area contributed by atoms with Gasteiger partial charge in [-0.15, -0.1) is 0 Å². The summed E-state index contributed by atoms with van der Waals surface area (Å²) in [5, 5.41) is 0. The van der Waals surface area contributed by atoms with Gasteiger partial charge in [0.15, 0.2) is 0 Å². The lowest BCUT2D eigenvalue weighted by atomic mass is 9.72. The van der Waals surface area contributed by atoms with Crippen LogP contribution in [0.5, 0.6) is 0 Å². The maximum atomic E-state index is 11.5. The van der Waals surface area contributed by atoms with E-state index in [4.69, 9.17) is 4.74 Å². The average molecular weight is 234 g/mol. The molecular formula is C11H22O3S. The van der Waals surface area contributed by atoms with Crippen LogP contribution in [0.1, 0.15) is 40.0 Å². The van der Waals surface area contributed by atoms with E-state index in [1.165, 1.54) is 0 Å². The van der Waals surface area contributed by atoms with Crippen LogP contribution in [0.4, 0.5) is 0 Å². The standard InChI is InChI=1S/C11H22O3S/c1-10(2,3)11(14-4)6-5-8-15(12,13)9-7-11/h5-9H2,1-4H3. The summed E-state index contributed by atoms with van der Waals surface area (Å²) in [6.07, 6.45) is 2.18. The van der Waals surface area contributed by atoms with Gasteiger partial charge in [-0.25, -0.2) is 8.42 Å². The lowest BCUT2D eigenvalue weighted by Crippen LogP contribution is -2.45. The molecule has 1 unspecified atom stereocenters. The Labute approximate surface area is 93.1 Å². The van der Waals surface area contributed by atoms with E-state index in [1.807, 2.05) is 0 Å². The fourth-order valence-electron chi connectivity index (χ4n) is 2.39. The summed E-state index contributed by atoms with van der Waals surface area (Å²) in [5.41, 5.74) is -0.293. The molecule has 0 radical (unpaired) electrons. The third-order valence-electron chi connectivity index (χ3n) is 3.61. The van der Waals surface area contributed by atoms with Gasteiger partial charge in [-0.05, 0) is 24.7 Å². The van der Waals surface area contributed by atoms with Gasteiger partial charge in [0.1, 0.15) is 9.84 Å². The van der Waals surface area contributed by atoms with Crippen molar-refractivity contribution in [3.05, 3.63) is 0 Å². The Bertz CT molecular complexity index is 313. The van der Waals surface area contributed by atoms with Crippen molar-refractivity contribution < 1.29 is 13.2 Å². The highest BCUT2D eigenvalue weighted by atomic mass is 32.2. The zero-order valence-corrected chi connectivity index (χ0v) is 11.0. The van der Waals surface area contributed by atoms with Gasteiger partial charge in [-0.2, -0.15) is 0 Å². The van der Waals surface area contributed by atoms with Crippen LogP contribution < -0.4 is 0 Å². The van der Waals surface area contributed by atoms with Crippen LogP contribution in [0.25, 0.3) is 0 Å². The van der Waals surface area contributed by atoms with Crippen molar-refractivity contribution in [2.24, 2.45) is 5.41 Å². The molecule has 1 rings (SSSR count). The first-order valence-electron chi connectivity index (χ1n) is 5.48. The second kappa shape index (κ2) is 4.06. The first kappa shape index (κ1) is 13.0. The summed E-state index contributed by atoms with van der Waals surface area (Å²) in [7, 11) is -1.14. The van der Waals surface area contributed by atoms with Gasteiger partial charge in [0.05, 0.1) is 17.1 Å². The van der Waals surface area contributed by atoms with Gasteiger partial charge in [-0.1, -0.05) is 20.8 Å². The van der Waals surface area contributed by atoms with Gasteiger partial charge in [-0.3, -0.25) is 0 Å². The highest BCUT2D eigenvalue weighted by Gasteiger charge is 2.43. The molecule has 0 spiro atoms. The summed E-state index contributed by atoms with van der Waals surface area (Å²) >= 11 is 0. The average Bonchev–Trinajstić information content (AvgIpc) is 2.23. The van der Waals surface area contributed by atoms with Gasteiger partial charge in [0, 0.05) is 7.11 Å². The second-order valence-electron chi connectivity index (χ2n) is 5.45. The van der Waals surface area contributed by atoms with E-state index in [2.05, 4.69) is 20.8 Å². The van der Waals surface area contributed by atoms with Crippen LogP contribution in [0.3, 0.4) is 0 Å². The van der Waals surface area contributed by atoms with E-state index >= 15 is 0 Å². The van der Waals surface area contributed by atoms with Crippen molar-refractivity contribution in [1.29, 1.82) is 0 Å². The number of ether oxygens (including phenoxy) is 1. The van der Waals surface area contributed by atoms with Crippen molar-refractivity contribution in [3.8, 4) is 0 Å². The molecule has 0 aliphatic carbocycles.